The van der Waals surface area contributed by atoms with E-state index in [9.17, 15) is 9.59 Å². The summed E-state index contributed by atoms with van der Waals surface area (Å²) in [7, 11) is 5.02. The van der Waals surface area contributed by atoms with Crippen LogP contribution in [0.3, 0.4) is 0 Å². The van der Waals surface area contributed by atoms with Gasteiger partial charge in [0, 0.05) is 45.8 Å². The zero-order valence-corrected chi connectivity index (χ0v) is 18.6. The van der Waals surface area contributed by atoms with E-state index in [0.29, 0.717) is 36.7 Å². The minimum Gasteiger partial charge on any atom is -0.439 e. The third-order valence-corrected chi connectivity index (χ3v) is 5.01. The second-order valence-electron chi connectivity index (χ2n) is 8.47. The van der Waals surface area contributed by atoms with Crippen LogP contribution in [0.4, 0.5) is 4.79 Å². The highest BCUT2D eigenvalue weighted by Crippen LogP contribution is 2.36. The molecule has 0 saturated carbocycles. The lowest BCUT2D eigenvalue weighted by Gasteiger charge is -2.35. The predicted octanol–water partition coefficient (Wildman–Crippen LogP) is 2.02. The Morgan fingerprint density at radius 1 is 1.27 bits per heavy atom. The van der Waals surface area contributed by atoms with Gasteiger partial charge in [-0.2, -0.15) is 0 Å². The van der Waals surface area contributed by atoms with Gasteiger partial charge in [-0.1, -0.05) is 26.8 Å². The summed E-state index contributed by atoms with van der Waals surface area (Å²) >= 11 is 0. The largest absolute Gasteiger partial charge is 0.439 e. The minimum atomic E-state index is -0.865. The average molecular weight is 421 g/mol. The first-order chi connectivity index (χ1) is 14.1. The number of piperazine rings is 1. The molecule has 30 heavy (non-hydrogen) atoms. The first-order valence-corrected chi connectivity index (χ1v) is 9.79. The lowest BCUT2D eigenvalue weighted by atomic mass is 9.86. The molecule has 1 aromatic rings. The molecule has 9 nitrogen and oxygen atoms in total. The van der Waals surface area contributed by atoms with Crippen LogP contribution in [0, 0.1) is 5.41 Å². The molecule has 1 aliphatic rings. The van der Waals surface area contributed by atoms with Crippen molar-refractivity contribution in [3.8, 4) is 0 Å². The number of carbonyl (C=O) groups is 1. The van der Waals surface area contributed by atoms with E-state index in [4.69, 9.17) is 24.9 Å². The Labute approximate surface area is 177 Å². The Morgan fingerprint density at radius 2 is 1.93 bits per heavy atom. The van der Waals surface area contributed by atoms with Crippen molar-refractivity contribution in [1.29, 1.82) is 0 Å². The summed E-state index contributed by atoms with van der Waals surface area (Å²) in [6.45, 7) is 8.34. The van der Waals surface area contributed by atoms with Crippen molar-refractivity contribution >= 4 is 12.0 Å². The van der Waals surface area contributed by atoms with Gasteiger partial charge in [-0.15, -0.1) is 0 Å². The van der Waals surface area contributed by atoms with Crippen LogP contribution in [-0.2, 0) is 25.5 Å². The van der Waals surface area contributed by atoms with Crippen molar-refractivity contribution in [3.63, 3.8) is 0 Å². The molecule has 1 saturated heterocycles. The van der Waals surface area contributed by atoms with Gasteiger partial charge in [0.2, 0.25) is 6.29 Å². The van der Waals surface area contributed by atoms with Crippen LogP contribution in [0.5, 0.6) is 0 Å². The molecule has 1 aliphatic heterocycles. The Morgan fingerprint density at radius 3 is 2.47 bits per heavy atom. The average Bonchev–Trinajstić information content (AvgIpc) is 2.68. The lowest BCUT2D eigenvalue weighted by Crippen LogP contribution is -2.42. The van der Waals surface area contributed by atoms with Gasteiger partial charge in [-0.3, -0.25) is 4.90 Å². The molecule has 2 rings (SSSR count). The van der Waals surface area contributed by atoms with E-state index in [2.05, 4.69) is 4.90 Å². The fourth-order valence-electron chi connectivity index (χ4n) is 3.46. The summed E-state index contributed by atoms with van der Waals surface area (Å²) in [4.78, 5) is 31.7. The van der Waals surface area contributed by atoms with E-state index in [1.54, 1.807) is 6.07 Å². The second-order valence-corrected chi connectivity index (χ2v) is 8.47. The molecule has 2 N–H and O–H groups in total. The second kappa shape index (κ2) is 10.0. The zero-order valence-electron chi connectivity index (χ0n) is 18.6. The number of nitrogens with zero attached hydrogens (tertiary/aromatic N) is 3. The summed E-state index contributed by atoms with van der Waals surface area (Å²) in [5, 5.41) is 0. The Kier molecular flexibility index (Phi) is 7.97. The molecular weight excluding hydrogens is 388 g/mol. The highest BCUT2D eigenvalue weighted by molar-refractivity contribution is 5.65. The Balaban J connectivity index is 2.46. The third kappa shape index (κ3) is 5.79. The molecule has 0 aromatic carbocycles. The standard InChI is InChI=1S/C21H32N4O5/c1-21(2,3)18(30-20(22)27)16-8-7-14(17(23-16)19(28-5)29-6)11-25-10-9-24(4)12-15(25)13-26/h7-8,18-19H,9-12H2,1-6H3,(H2,22,27). The molecule has 1 unspecified atom stereocenters. The third-order valence-electron chi connectivity index (χ3n) is 5.01. The highest BCUT2D eigenvalue weighted by atomic mass is 16.7. The number of likely N-dealkylation sites (N-methyl/N-ethyl adjacent to an activating group) is 1. The topological polar surface area (TPSA) is 107 Å². The van der Waals surface area contributed by atoms with E-state index >= 15 is 0 Å². The van der Waals surface area contributed by atoms with E-state index < -0.39 is 23.9 Å². The van der Waals surface area contributed by atoms with Crippen LogP contribution < -0.4 is 5.73 Å². The van der Waals surface area contributed by atoms with Gasteiger partial charge in [-0.25, -0.2) is 14.6 Å². The van der Waals surface area contributed by atoms with Crippen LogP contribution in [0.15, 0.2) is 17.8 Å². The molecule has 9 heteroatoms. The summed E-state index contributed by atoms with van der Waals surface area (Å²) in [5.74, 6) is 2.05. The molecule has 1 amide bonds. The number of primary amides is 1. The first-order valence-electron chi connectivity index (χ1n) is 9.79. The molecule has 0 spiro atoms. The summed E-state index contributed by atoms with van der Waals surface area (Å²) in [5.41, 5.74) is 7.40. The molecular formula is C21H32N4O5. The molecule has 0 bridgehead atoms. The number of hydrogen-bond donors (Lipinski definition) is 1. The molecule has 166 valence electrons. The van der Waals surface area contributed by atoms with Crippen molar-refractivity contribution < 1.29 is 23.8 Å². The normalized spacial score (nSPS) is 16.5. The van der Waals surface area contributed by atoms with Crippen LogP contribution >= 0.6 is 0 Å². The monoisotopic (exact) mass is 420 g/mol. The first kappa shape index (κ1) is 23.8. The van der Waals surface area contributed by atoms with E-state index in [1.165, 1.54) is 14.2 Å². The SMILES string of the molecule is COC(OC)c1nc(C(OC(N)=O)C(C)(C)C)ccc1CN1CCN(C)CC1=C=O. The number of pyridine rings is 1. The Hall–Kier alpha value is -2.45. The van der Waals surface area contributed by atoms with Crippen LogP contribution in [0.1, 0.15) is 50.1 Å². The van der Waals surface area contributed by atoms with Crippen molar-refractivity contribution in [3.05, 3.63) is 34.8 Å². The molecule has 0 aliphatic carbocycles. The van der Waals surface area contributed by atoms with E-state index in [0.717, 1.165) is 12.1 Å². The number of amides is 1. The number of rotatable bonds is 7. The van der Waals surface area contributed by atoms with Crippen LogP contribution in [0.2, 0.25) is 0 Å². The van der Waals surface area contributed by atoms with E-state index in [1.807, 2.05) is 44.7 Å². The van der Waals surface area contributed by atoms with Gasteiger partial charge in [0.25, 0.3) is 0 Å². The van der Waals surface area contributed by atoms with Gasteiger partial charge in [0.15, 0.2) is 6.10 Å². The van der Waals surface area contributed by atoms with E-state index in [-0.39, 0.29) is 0 Å². The number of aromatic nitrogens is 1. The lowest BCUT2D eigenvalue weighted by molar-refractivity contribution is -0.109. The minimum absolute atomic E-state index is 0.429. The Bertz CT molecular complexity index is 797. The van der Waals surface area contributed by atoms with Crippen molar-refractivity contribution in [2.45, 2.75) is 39.7 Å². The van der Waals surface area contributed by atoms with Crippen LogP contribution in [0.25, 0.3) is 0 Å². The summed E-state index contributed by atoms with van der Waals surface area (Å²) in [6, 6.07) is 3.70. The number of carbonyl (C=O) groups excluding carboxylic acids is 2. The summed E-state index contributed by atoms with van der Waals surface area (Å²) in [6.07, 6.45) is -2.23. The fraction of sp³-hybridized carbons (Fsp3) is 0.619. The summed E-state index contributed by atoms with van der Waals surface area (Å²) < 4.78 is 16.3. The smallest absolute Gasteiger partial charge is 0.405 e. The number of ether oxygens (including phenoxy) is 3. The van der Waals surface area contributed by atoms with Gasteiger partial charge < -0.3 is 24.8 Å². The van der Waals surface area contributed by atoms with Gasteiger partial charge in [0.1, 0.15) is 17.3 Å². The zero-order chi connectivity index (χ0) is 22.5. The maximum Gasteiger partial charge on any atom is 0.405 e. The van der Waals surface area contributed by atoms with Crippen molar-refractivity contribution in [2.24, 2.45) is 11.1 Å². The molecule has 0 radical (unpaired) electrons. The molecule has 1 fully saturated rings. The molecule has 2 heterocycles. The van der Waals surface area contributed by atoms with Gasteiger partial charge in [-0.05, 0) is 18.7 Å². The fourth-order valence-corrected chi connectivity index (χ4v) is 3.46. The number of hydrogen-bond acceptors (Lipinski definition) is 8. The predicted molar refractivity (Wildman–Crippen MR) is 111 cm³/mol. The van der Waals surface area contributed by atoms with Gasteiger partial charge >= 0.3 is 6.09 Å². The maximum atomic E-state index is 11.5. The highest BCUT2D eigenvalue weighted by Gasteiger charge is 2.32. The maximum absolute atomic E-state index is 11.5. The van der Waals surface area contributed by atoms with Crippen molar-refractivity contribution in [1.82, 2.24) is 14.8 Å². The van der Waals surface area contributed by atoms with Crippen LogP contribution in [-0.4, -0.2) is 67.7 Å². The number of methoxy groups -OCH3 is 2. The van der Waals surface area contributed by atoms with Gasteiger partial charge in [0.05, 0.1) is 5.69 Å². The quantitative estimate of drug-likeness (QED) is 0.527. The number of nitrogens with two attached hydrogens (primary N) is 1. The molecule has 1 atom stereocenters. The van der Waals surface area contributed by atoms with Crippen molar-refractivity contribution in [2.75, 3.05) is 40.9 Å². The molecule has 1 aromatic heterocycles.